The number of hydrogen-bond donors (Lipinski definition) is 2. The van der Waals surface area contributed by atoms with Crippen molar-refractivity contribution in [2.45, 2.75) is 0 Å². The Hall–Kier alpha value is -3.12. The fraction of sp³-hybridized carbons (Fsp3) is 0. The molecule has 0 amide bonds. The Bertz CT molecular complexity index is 972. The van der Waals surface area contributed by atoms with Gasteiger partial charge in [-0.05, 0) is 18.2 Å². The van der Waals surface area contributed by atoms with E-state index in [0.29, 0.717) is 10.7 Å². The van der Waals surface area contributed by atoms with Crippen molar-refractivity contribution in [3.05, 3.63) is 75.3 Å². The number of halogens is 1. The summed E-state index contributed by atoms with van der Waals surface area (Å²) < 4.78 is 0. The van der Waals surface area contributed by atoms with Gasteiger partial charge < -0.3 is 10.4 Å². The number of fused-ring (bicyclic) bond motifs is 1. The quantitative estimate of drug-likeness (QED) is 0.522. The van der Waals surface area contributed by atoms with Crippen molar-refractivity contribution in [1.29, 1.82) is 0 Å². The molecule has 0 saturated heterocycles. The lowest BCUT2D eigenvalue weighted by molar-refractivity contribution is -0.384. The molecule has 0 saturated carbocycles. The maximum absolute atomic E-state index is 11.4. The van der Waals surface area contributed by atoms with Crippen molar-refractivity contribution in [2.24, 2.45) is 0 Å². The third kappa shape index (κ3) is 2.87. The van der Waals surface area contributed by atoms with Crippen molar-refractivity contribution in [3.63, 3.8) is 0 Å². The summed E-state index contributed by atoms with van der Waals surface area (Å²) in [6, 6.07) is 14.5. The molecule has 24 heavy (non-hydrogen) atoms. The van der Waals surface area contributed by atoms with Crippen molar-refractivity contribution in [1.82, 2.24) is 0 Å². The fourth-order valence-electron chi connectivity index (χ4n) is 2.45. The summed E-state index contributed by atoms with van der Waals surface area (Å²) in [6.07, 6.45) is 0. The third-order valence-electron chi connectivity index (χ3n) is 3.58. The van der Waals surface area contributed by atoms with Crippen LogP contribution in [0.15, 0.2) is 54.6 Å². The van der Waals surface area contributed by atoms with Crippen LogP contribution < -0.4 is 5.32 Å². The summed E-state index contributed by atoms with van der Waals surface area (Å²) in [7, 11) is 0. The number of carboxylic acid groups (broad SMARTS) is 1. The Morgan fingerprint density at radius 1 is 1.04 bits per heavy atom. The van der Waals surface area contributed by atoms with Gasteiger partial charge in [0.25, 0.3) is 5.69 Å². The fourth-order valence-corrected chi connectivity index (χ4v) is 2.68. The molecule has 2 N–H and O–H groups in total. The molecule has 0 unspecified atom stereocenters. The number of rotatable bonds is 4. The van der Waals surface area contributed by atoms with Gasteiger partial charge in [0.05, 0.1) is 16.2 Å². The molecule has 0 aromatic heterocycles. The largest absolute Gasteiger partial charge is 0.478 e. The van der Waals surface area contributed by atoms with Crippen molar-refractivity contribution < 1.29 is 14.8 Å². The number of carbonyl (C=O) groups is 1. The Morgan fingerprint density at radius 2 is 1.71 bits per heavy atom. The van der Waals surface area contributed by atoms with Crippen LogP contribution >= 0.6 is 11.6 Å². The van der Waals surface area contributed by atoms with Crippen LogP contribution in [0.25, 0.3) is 10.8 Å². The summed E-state index contributed by atoms with van der Waals surface area (Å²) in [4.78, 5) is 21.6. The number of benzene rings is 3. The number of nitro groups is 1. The predicted octanol–water partition coefficient (Wildman–Crippen LogP) is 4.84. The first kappa shape index (κ1) is 15.8. The van der Waals surface area contributed by atoms with Crippen LogP contribution in [0, 0.1) is 10.1 Å². The van der Waals surface area contributed by atoms with Gasteiger partial charge in [-0.25, -0.2) is 4.79 Å². The Balaban J connectivity index is 2.11. The van der Waals surface area contributed by atoms with Gasteiger partial charge in [-0.1, -0.05) is 35.9 Å². The number of nitrogens with one attached hydrogen (secondary N) is 1. The molecule has 0 aliphatic rings. The van der Waals surface area contributed by atoms with E-state index in [0.717, 1.165) is 16.8 Å². The van der Waals surface area contributed by atoms with Crippen LogP contribution in [0.1, 0.15) is 10.4 Å². The van der Waals surface area contributed by atoms with Crippen LogP contribution in [0.4, 0.5) is 17.1 Å². The van der Waals surface area contributed by atoms with Gasteiger partial charge >= 0.3 is 5.97 Å². The second-order valence-corrected chi connectivity index (χ2v) is 5.46. The molecule has 0 aliphatic heterocycles. The van der Waals surface area contributed by atoms with Crippen LogP contribution in [-0.4, -0.2) is 16.0 Å². The monoisotopic (exact) mass is 342 g/mol. The Labute approximate surface area is 141 Å². The molecule has 120 valence electrons. The molecule has 3 aromatic rings. The minimum absolute atomic E-state index is 0.178. The number of nitro benzene ring substituents is 1. The average molecular weight is 343 g/mol. The van der Waals surface area contributed by atoms with Crippen LogP contribution in [0.5, 0.6) is 0 Å². The highest BCUT2D eigenvalue weighted by Crippen LogP contribution is 2.33. The van der Waals surface area contributed by atoms with Gasteiger partial charge in [-0.3, -0.25) is 10.1 Å². The SMILES string of the molecule is O=C(O)c1cc([N+](=O)[O-])ccc1Nc1ccc(Cl)c2ccccc12. The van der Waals surface area contributed by atoms with E-state index >= 15 is 0 Å². The minimum atomic E-state index is -1.25. The highest BCUT2D eigenvalue weighted by Gasteiger charge is 2.17. The van der Waals surface area contributed by atoms with Gasteiger partial charge in [0, 0.05) is 33.6 Å². The number of carboxylic acids is 1. The van der Waals surface area contributed by atoms with E-state index in [-0.39, 0.29) is 16.9 Å². The first-order valence-corrected chi connectivity index (χ1v) is 7.31. The van der Waals surface area contributed by atoms with Crippen LogP contribution in [0.3, 0.4) is 0 Å². The molecule has 3 rings (SSSR count). The second-order valence-electron chi connectivity index (χ2n) is 5.06. The first-order chi connectivity index (χ1) is 11.5. The lowest BCUT2D eigenvalue weighted by Crippen LogP contribution is -2.04. The minimum Gasteiger partial charge on any atom is -0.478 e. The summed E-state index contributed by atoms with van der Waals surface area (Å²) in [5.74, 6) is -1.25. The molecule has 6 nitrogen and oxygen atoms in total. The van der Waals surface area contributed by atoms with Crippen molar-refractivity contribution in [2.75, 3.05) is 5.32 Å². The third-order valence-corrected chi connectivity index (χ3v) is 3.91. The molecular formula is C17H11ClN2O4. The molecule has 0 heterocycles. The average Bonchev–Trinajstić information content (AvgIpc) is 2.57. The van der Waals surface area contributed by atoms with Crippen LogP contribution in [0.2, 0.25) is 5.02 Å². The maximum atomic E-state index is 11.4. The van der Waals surface area contributed by atoms with Crippen LogP contribution in [-0.2, 0) is 0 Å². The standard InChI is InChI=1S/C17H11ClN2O4/c18-14-6-8-15(12-4-2-1-3-11(12)14)19-16-7-5-10(20(23)24)9-13(16)17(21)22/h1-9,19H,(H,21,22). The zero-order valence-corrected chi connectivity index (χ0v) is 12.9. The molecule has 0 spiro atoms. The maximum Gasteiger partial charge on any atom is 0.338 e. The normalized spacial score (nSPS) is 10.5. The summed E-state index contributed by atoms with van der Waals surface area (Å²) >= 11 is 6.17. The summed E-state index contributed by atoms with van der Waals surface area (Å²) in [5.41, 5.74) is 0.467. The van der Waals surface area contributed by atoms with E-state index in [1.807, 2.05) is 24.3 Å². The molecule has 0 bridgehead atoms. The van der Waals surface area contributed by atoms with E-state index in [9.17, 15) is 20.0 Å². The van der Waals surface area contributed by atoms with E-state index in [1.165, 1.54) is 12.1 Å². The number of non-ortho nitro benzene ring substituents is 1. The molecule has 0 fully saturated rings. The van der Waals surface area contributed by atoms with E-state index in [1.54, 1.807) is 12.1 Å². The highest BCUT2D eigenvalue weighted by molar-refractivity contribution is 6.36. The number of hydrogen-bond acceptors (Lipinski definition) is 4. The van der Waals surface area contributed by atoms with Crippen molar-refractivity contribution in [3.8, 4) is 0 Å². The topological polar surface area (TPSA) is 92.5 Å². The molecule has 7 heteroatoms. The van der Waals surface area contributed by atoms with Gasteiger partial charge in [-0.2, -0.15) is 0 Å². The highest BCUT2D eigenvalue weighted by atomic mass is 35.5. The Kier molecular flexibility index (Phi) is 4.05. The van der Waals surface area contributed by atoms with Gasteiger partial charge in [0.2, 0.25) is 0 Å². The molecule has 3 aromatic carbocycles. The van der Waals surface area contributed by atoms with E-state index in [2.05, 4.69) is 5.32 Å². The summed E-state index contributed by atoms with van der Waals surface area (Å²) in [5, 5.41) is 25.4. The van der Waals surface area contributed by atoms with Gasteiger partial charge in [-0.15, -0.1) is 0 Å². The molecular weight excluding hydrogens is 332 g/mol. The number of anilines is 2. The summed E-state index contributed by atoms with van der Waals surface area (Å²) in [6.45, 7) is 0. The molecule has 0 radical (unpaired) electrons. The molecule has 0 atom stereocenters. The number of nitrogens with zero attached hydrogens (tertiary/aromatic N) is 1. The second kappa shape index (κ2) is 6.17. The van der Waals surface area contributed by atoms with E-state index < -0.39 is 10.9 Å². The van der Waals surface area contributed by atoms with Gasteiger partial charge in [0.1, 0.15) is 0 Å². The van der Waals surface area contributed by atoms with E-state index in [4.69, 9.17) is 11.6 Å². The predicted molar refractivity (Wildman–Crippen MR) is 92.3 cm³/mol. The Morgan fingerprint density at radius 3 is 2.38 bits per heavy atom. The smallest absolute Gasteiger partial charge is 0.338 e. The zero-order chi connectivity index (χ0) is 17.3. The lowest BCUT2D eigenvalue weighted by atomic mass is 10.1. The number of aromatic carboxylic acids is 1. The molecule has 0 aliphatic carbocycles. The first-order valence-electron chi connectivity index (χ1n) is 6.93. The van der Waals surface area contributed by atoms with Gasteiger partial charge in [0.15, 0.2) is 0 Å². The van der Waals surface area contributed by atoms with Crippen molar-refractivity contribution >= 4 is 45.4 Å². The lowest BCUT2D eigenvalue weighted by Gasteiger charge is -2.13. The zero-order valence-electron chi connectivity index (χ0n) is 12.2.